The Morgan fingerprint density at radius 3 is 2.58 bits per heavy atom. The summed E-state index contributed by atoms with van der Waals surface area (Å²) in [6, 6.07) is 0.746. The summed E-state index contributed by atoms with van der Waals surface area (Å²) in [5.74, 6) is 0.993. The maximum Gasteiger partial charge on any atom is 0.0593 e. The summed E-state index contributed by atoms with van der Waals surface area (Å²) in [5.41, 5.74) is 0. The van der Waals surface area contributed by atoms with E-state index in [-0.39, 0.29) is 0 Å². The van der Waals surface area contributed by atoms with Crippen LogP contribution in [0.25, 0.3) is 0 Å². The molecular weight excluding hydrogens is 236 g/mol. The maximum absolute atomic E-state index is 5.51. The van der Waals surface area contributed by atoms with E-state index in [1.54, 1.807) is 0 Å². The van der Waals surface area contributed by atoms with Gasteiger partial charge in [-0.1, -0.05) is 19.8 Å². The number of piperazine rings is 1. The minimum Gasteiger partial charge on any atom is -0.380 e. The van der Waals surface area contributed by atoms with E-state index in [1.165, 1.54) is 58.3 Å². The highest BCUT2D eigenvalue weighted by Gasteiger charge is 2.27. The normalized spacial score (nSPS) is 27.2. The summed E-state index contributed by atoms with van der Waals surface area (Å²) in [6.45, 7) is 12.4. The molecule has 112 valence electrons. The lowest BCUT2D eigenvalue weighted by Gasteiger charge is -2.42. The molecule has 0 aromatic heterocycles. The van der Waals surface area contributed by atoms with Crippen LogP contribution in [0, 0.1) is 5.92 Å². The Morgan fingerprint density at radius 1 is 1.11 bits per heavy atom. The predicted octanol–water partition coefficient (Wildman–Crippen LogP) is 2.61. The molecule has 1 aliphatic heterocycles. The number of rotatable bonds is 7. The molecular formula is C16H32N2O. The third kappa shape index (κ3) is 4.73. The van der Waals surface area contributed by atoms with E-state index in [4.69, 9.17) is 4.74 Å². The molecule has 3 nitrogen and oxygen atoms in total. The molecule has 1 atom stereocenters. The van der Waals surface area contributed by atoms with Crippen LogP contribution < -0.4 is 0 Å². The fourth-order valence-corrected chi connectivity index (χ4v) is 3.69. The fourth-order valence-electron chi connectivity index (χ4n) is 3.69. The van der Waals surface area contributed by atoms with Crippen molar-refractivity contribution >= 4 is 0 Å². The zero-order chi connectivity index (χ0) is 13.5. The molecule has 2 aliphatic rings. The molecule has 1 saturated carbocycles. The lowest BCUT2D eigenvalue weighted by molar-refractivity contribution is 0.0360. The minimum atomic E-state index is 0.746. The highest BCUT2D eigenvalue weighted by atomic mass is 16.5. The van der Waals surface area contributed by atoms with Crippen LogP contribution in [0.2, 0.25) is 0 Å². The first kappa shape index (κ1) is 15.3. The smallest absolute Gasteiger partial charge is 0.0593 e. The first-order valence-corrected chi connectivity index (χ1v) is 8.37. The van der Waals surface area contributed by atoms with Crippen LogP contribution in [0.15, 0.2) is 0 Å². The van der Waals surface area contributed by atoms with Crippen molar-refractivity contribution in [2.24, 2.45) is 5.92 Å². The average Bonchev–Trinajstić information content (AvgIpc) is 2.93. The van der Waals surface area contributed by atoms with Gasteiger partial charge in [-0.15, -0.1) is 0 Å². The Labute approximate surface area is 119 Å². The molecule has 3 heteroatoms. The summed E-state index contributed by atoms with van der Waals surface area (Å²) in [6.07, 6.45) is 7.16. The third-order valence-electron chi connectivity index (χ3n) is 4.88. The van der Waals surface area contributed by atoms with Gasteiger partial charge in [0, 0.05) is 45.4 Å². The lowest BCUT2D eigenvalue weighted by Crippen LogP contribution is -2.54. The van der Waals surface area contributed by atoms with Gasteiger partial charge in [-0.25, -0.2) is 0 Å². The van der Waals surface area contributed by atoms with Crippen molar-refractivity contribution in [1.29, 1.82) is 0 Å². The Kier molecular flexibility index (Phi) is 6.62. The zero-order valence-corrected chi connectivity index (χ0v) is 12.9. The van der Waals surface area contributed by atoms with Crippen molar-refractivity contribution in [1.82, 2.24) is 9.80 Å². The number of hydrogen-bond acceptors (Lipinski definition) is 3. The van der Waals surface area contributed by atoms with E-state index in [0.29, 0.717) is 0 Å². The van der Waals surface area contributed by atoms with E-state index >= 15 is 0 Å². The first-order valence-electron chi connectivity index (χ1n) is 8.37. The van der Waals surface area contributed by atoms with Crippen molar-refractivity contribution in [2.45, 2.75) is 52.0 Å². The average molecular weight is 268 g/mol. The minimum absolute atomic E-state index is 0.746. The molecule has 0 bridgehead atoms. The molecule has 0 spiro atoms. The van der Waals surface area contributed by atoms with Gasteiger partial charge in [0.05, 0.1) is 6.61 Å². The second-order valence-corrected chi connectivity index (χ2v) is 6.21. The van der Waals surface area contributed by atoms with E-state index in [9.17, 15) is 0 Å². The van der Waals surface area contributed by atoms with Crippen LogP contribution in [0.1, 0.15) is 46.0 Å². The Hall–Kier alpha value is -0.120. The van der Waals surface area contributed by atoms with Crippen LogP contribution in [-0.2, 0) is 4.74 Å². The predicted molar refractivity (Wildman–Crippen MR) is 80.5 cm³/mol. The van der Waals surface area contributed by atoms with Gasteiger partial charge in [0.1, 0.15) is 0 Å². The second-order valence-electron chi connectivity index (χ2n) is 6.21. The topological polar surface area (TPSA) is 15.7 Å². The molecule has 0 aromatic rings. The summed E-state index contributed by atoms with van der Waals surface area (Å²) in [4.78, 5) is 5.36. The molecule has 0 unspecified atom stereocenters. The maximum atomic E-state index is 5.51. The van der Waals surface area contributed by atoms with E-state index in [1.807, 2.05) is 0 Å². The van der Waals surface area contributed by atoms with Gasteiger partial charge in [0.25, 0.3) is 0 Å². The lowest BCUT2D eigenvalue weighted by atomic mass is 10.0. The molecule has 0 radical (unpaired) electrons. The van der Waals surface area contributed by atoms with Gasteiger partial charge in [-0.2, -0.15) is 0 Å². The molecule has 1 saturated heterocycles. The first-order chi connectivity index (χ1) is 9.33. The molecule has 0 N–H and O–H groups in total. The van der Waals surface area contributed by atoms with Gasteiger partial charge in [0.2, 0.25) is 0 Å². The summed E-state index contributed by atoms with van der Waals surface area (Å²) in [7, 11) is 0. The van der Waals surface area contributed by atoms with Crippen LogP contribution in [0.5, 0.6) is 0 Å². The van der Waals surface area contributed by atoms with Crippen molar-refractivity contribution in [3.8, 4) is 0 Å². The number of ether oxygens (including phenoxy) is 1. The molecule has 1 heterocycles. The van der Waals surface area contributed by atoms with Gasteiger partial charge >= 0.3 is 0 Å². The van der Waals surface area contributed by atoms with E-state index < -0.39 is 0 Å². The molecule has 2 fully saturated rings. The molecule has 2 rings (SSSR count). The monoisotopic (exact) mass is 268 g/mol. The van der Waals surface area contributed by atoms with Crippen molar-refractivity contribution < 1.29 is 4.74 Å². The summed E-state index contributed by atoms with van der Waals surface area (Å²) >= 11 is 0. The fraction of sp³-hybridized carbons (Fsp3) is 1.00. The molecule has 1 aliphatic carbocycles. The SMILES string of the molecule is CCOCCN1CCN(CC2CCCC2)C[C@@H]1CC. The number of hydrogen-bond donors (Lipinski definition) is 0. The van der Waals surface area contributed by atoms with Crippen molar-refractivity contribution in [3.63, 3.8) is 0 Å². The van der Waals surface area contributed by atoms with Crippen molar-refractivity contribution in [3.05, 3.63) is 0 Å². The van der Waals surface area contributed by atoms with Crippen molar-refractivity contribution in [2.75, 3.05) is 45.9 Å². The number of nitrogens with zero attached hydrogens (tertiary/aromatic N) is 2. The van der Waals surface area contributed by atoms with Crippen LogP contribution >= 0.6 is 0 Å². The largest absolute Gasteiger partial charge is 0.380 e. The van der Waals surface area contributed by atoms with Gasteiger partial charge in [0.15, 0.2) is 0 Å². The second kappa shape index (κ2) is 8.23. The van der Waals surface area contributed by atoms with Crippen LogP contribution in [0.3, 0.4) is 0 Å². The van der Waals surface area contributed by atoms with Gasteiger partial charge in [-0.05, 0) is 32.1 Å². The molecule has 0 amide bonds. The quantitative estimate of drug-likeness (QED) is 0.660. The van der Waals surface area contributed by atoms with Gasteiger partial charge < -0.3 is 9.64 Å². The van der Waals surface area contributed by atoms with Crippen LogP contribution in [-0.4, -0.2) is 61.8 Å². The summed E-state index contributed by atoms with van der Waals surface area (Å²) < 4.78 is 5.51. The Balaban J connectivity index is 1.73. The van der Waals surface area contributed by atoms with E-state index in [2.05, 4.69) is 23.6 Å². The van der Waals surface area contributed by atoms with Gasteiger partial charge in [-0.3, -0.25) is 4.90 Å². The molecule has 0 aromatic carbocycles. The highest BCUT2D eigenvalue weighted by molar-refractivity contribution is 4.83. The van der Waals surface area contributed by atoms with Crippen LogP contribution in [0.4, 0.5) is 0 Å². The Bertz CT molecular complexity index is 241. The van der Waals surface area contributed by atoms with E-state index in [0.717, 1.165) is 31.7 Å². The highest BCUT2D eigenvalue weighted by Crippen LogP contribution is 2.26. The summed E-state index contributed by atoms with van der Waals surface area (Å²) in [5, 5.41) is 0. The third-order valence-corrected chi connectivity index (χ3v) is 4.88. The zero-order valence-electron chi connectivity index (χ0n) is 12.9. The Morgan fingerprint density at radius 2 is 1.89 bits per heavy atom. The molecule has 19 heavy (non-hydrogen) atoms. The standard InChI is InChI=1S/C16H32N2O/c1-3-16-14-17(13-15-7-5-6-8-15)9-10-18(16)11-12-19-4-2/h15-16H,3-14H2,1-2H3/t16-/m0/s1.